The molecule has 0 N–H and O–H groups in total. The number of fused-ring (bicyclic) bond motifs is 1. The summed E-state index contributed by atoms with van der Waals surface area (Å²) in [5.74, 6) is 0.800. The summed E-state index contributed by atoms with van der Waals surface area (Å²) in [6.45, 7) is 0.231. The van der Waals surface area contributed by atoms with E-state index in [-0.39, 0.29) is 12.6 Å². The molecule has 1 aromatic rings. The molecule has 5 heteroatoms. The smallest absolute Gasteiger partial charge is 0.340 e. The maximum Gasteiger partial charge on any atom is 0.340 e. The van der Waals surface area contributed by atoms with Gasteiger partial charge in [-0.3, -0.25) is 0 Å². The largest absolute Gasteiger partial charge is 0.493 e. The van der Waals surface area contributed by atoms with E-state index >= 15 is 0 Å². The molecule has 0 saturated heterocycles. The van der Waals surface area contributed by atoms with Crippen LogP contribution in [0.25, 0.3) is 0 Å². The van der Waals surface area contributed by atoms with Crippen molar-refractivity contribution in [1.82, 2.24) is 0 Å². The first-order valence-corrected chi connectivity index (χ1v) is 5.15. The van der Waals surface area contributed by atoms with Crippen LogP contribution in [0.15, 0.2) is 12.1 Å². The highest BCUT2D eigenvalue weighted by atomic mass is 16.6. The zero-order valence-electron chi connectivity index (χ0n) is 9.98. The third kappa shape index (κ3) is 1.93. The van der Waals surface area contributed by atoms with Crippen molar-refractivity contribution in [2.75, 3.05) is 21.3 Å². The van der Waals surface area contributed by atoms with Crippen molar-refractivity contribution in [1.29, 1.82) is 0 Å². The van der Waals surface area contributed by atoms with Gasteiger partial charge in [0.2, 0.25) is 0 Å². The van der Waals surface area contributed by atoms with Crippen molar-refractivity contribution in [3.8, 4) is 11.5 Å². The first-order chi connectivity index (χ1) is 8.21. The fourth-order valence-corrected chi connectivity index (χ4v) is 1.88. The van der Waals surface area contributed by atoms with Crippen LogP contribution in [0.2, 0.25) is 0 Å². The molecule has 92 valence electrons. The van der Waals surface area contributed by atoms with Gasteiger partial charge in [-0.1, -0.05) is 0 Å². The van der Waals surface area contributed by atoms with Gasteiger partial charge in [-0.2, -0.15) is 0 Å². The Morgan fingerprint density at radius 2 is 1.82 bits per heavy atom. The minimum Gasteiger partial charge on any atom is -0.493 e. The number of carbonyl (C=O) groups is 1. The summed E-state index contributed by atoms with van der Waals surface area (Å²) in [6.07, 6.45) is -0.696. The molecule has 0 fully saturated rings. The van der Waals surface area contributed by atoms with Crippen molar-refractivity contribution in [2.24, 2.45) is 0 Å². The van der Waals surface area contributed by atoms with Crippen LogP contribution in [0.5, 0.6) is 11.5 Å². The first-order valence-electron chi connectivity index (χ1n) is 5.15. The molecular formula is C12H14O5. The highest BCUT2D eigenvalue weighted by Crippen LogP contribution is 2.37. The normalized spacial score (nSPS) is 18.3. The summed E-state index contributed by atoms with van der Waals surface area (Å²) in [5, 5.41) is 0. The van der Waals surface area contributed by atoms with E-state index in [4.69, 9.17) is 18.9 Å². The lowest BCUT2D eigenvalue weighted by atomic mass is 9.99. The third-order valence-electron chi connectivity index (χ3n) is 2.75. The van der Waals surface area contributed by atoms with E-state index in [1.165, 1.54) is 7.11 Å². The Hall–Kier alpha value is -1.75. The molecule has 0 amide bonds. The third-order valence-corrected chi connectivity index (χ3v) is 2.75. The molecule has 1 unspecified atom stereocenters. The fraction of sp³-hybridized carbons (Fsp3) is 0.417. The van der Waals surface area contributed by atoms with E-state index in [9.17, 15) is 4.79 Å². The maximum atomic E-state index is 11.5. The van der Waals surface area contributed by atoms with Crippen molar-refractivity contribution >= 4 is 5.97 Å². The van der Waals surface area contributed by atoms with E-state index in [0.717, 1.165) is 11.1 Å². The SMILES string of the molecule is COc1cc2c(cc1OC)C(OC)C(=O)OC2. The van der Waals surface area contributed by atoms with Gasteiger partial charge < -0.3 is 18.9 Å². The van der Waals surface area contributed by atoms with Crippen LogP contribution in [0.3, 0.4) is 0 Å². The number of hydrogen-bond acceptors (Lipinski definition) is 5. The molecule has 5 nitrogen and oxygen atoms in total. The van der Waals surface area contributed by atoms with E-state index in [1.807, 2.05) is 0 Å². The average molecular weight is 238 g/mol. The van der Waals surface area contributed by atoms with Crippen molar-refractivity contribution in [2.45, 2.75) is 12.7 Å². The van der Waals surface area contributed by atoms with Gasteiger partial charge >= 0.3 is 5.97 Å². The van der Waals surface area contributed by atoms with Crippen LogP contribution in [-0.2, 0) is 20.9 Å². The van der Waals surface area contributed by atoms with Gasteiger partial charge in [0.05, 0.1) is 14.2 Å². The maximum absolute atomic E-state index is 11.5. The summed E-state index contributed by atoms with van der Waals surface area (Å²) in [7, 11) is 4.58. The topological polar surface area (TPSA) is 54.0 Å². The predicted octanol–water partition coefficient (Wildman–Crippen LogP) is 1.45. The van der Waals surface area contributed by atoms with Crippen molar-refractivity contribution in [3.05, 3.63) is 23.3 Å². The number of cyclic esters (lactones) is 1. The molecular weight excluding hydrogens is 224 g/mol. The lowest BCUT2D eigenvalue weighted by Crippen LogP contribution is -2.24. The molecule has 0 spiro atoms. The van der Waals surface area contributed by atoms with Gasteiger partial charge in [0.1, 0.15) is 6.61 Å². The second kappa shape index (κ2) is 4.63. The Kier molecular flexibility index (Phi) is 3.19. The van der Waals surface area contributed by atoms with Crippen LogP contribution in [0.4, 0.5) is 0 Å². The van der Waals surface area contributed by atoms with E-state index in [2.05, 4.69) is 0 Å². The number of hydrogen-bond donors (Lipinski definition) is 0. The number of esters is 1. The second-order valence-electron chi connectivity index (χ2n) is 3.63. The lowest BCUT2D eigenvalue weighted by Gasteiger charge is -2.24. The molecule has 1 atom stereocenters. The molecule has 17 heavy (non-hydrogen) atoms. The number of benzene rings is 1. The molecule has 2 rings (SSSR count). The van der Waals surface area contributed by atoms with Gasteiger partial charge in [0.15, 0.2) is 17.6 Å². The lowest BCUT2D eigenvalue weighted by molar-refractivity contribution is -0.159. The van der Waals surface area contributed by atoms with Gasteiger partial charge in [0.25, 0.3) is 0 Å². The molecule has 1 heterocycles. The zero-order valence-corrected chi connectivity index (χ0v) is 9.98. The first kappa shape index (κ1) is 11.7. The number of carbonyl (C=O) groups excluding carboxylic acids is 1. The number of methoxy groups -OCH3 is 3. The van der Waals surface area contributed by atoms with E-state index in [0.29, 0.717) is 11.5 Å². The summed E-state index contributed by atoms with van der Waals surface area (Å²) in [6, 6.07) is 3.55. The standard InChI is InChI=1S/C12H14O5/c1-14-9-4-7-6-17-12(13)11(16-3)8(7)5-10(9)15-2/h4-5,11H,6H2,1-3H3. The predicted molar refractivity (Wildman–Crippen MR) is 59.1 cm³/mol. The van der Waals surface area contributed by atoms with Crippen molar-refractivity contribution < 1.29 is 23.7 Å². The van der Waals surface area contributed by atoms with E-state index < -0.39 is 6.10 Å². The van der Waals surface area contributed by atoms with Gasteiger partial charge in [0, 0.05) is 12.7 Å². The molecule has 0 bridgehead atoms. The summed E-state index contributed by atoms with van der Waals surface area (Å²) >= 11 is 0. The monoisotopic (exact) mass is 238 g/mol. The quantitative estimate of drug-likeness (QED) is 0.746. The number of rotatable bonds is 3. The molecule has 1 aliphatic heterocycles. The van der Waals surface area contributed by atoms with Crippen LogP contribution in [0, 0.1) is 0 Å². The molecule has 0 radical (unpaired) electrons. The fourth-order valence-electron chi connectivity index (χ4n) is 1.88. The Labute approximate surface area is 99.2 Å². The minimum atomic E-state index is -0.696. The summed E-state index contributed by atoms with van der Waals surface area (Å²) in [4.78, 5) is 11.5. The Morgan fingerprint density at radius 1 is 1.18 bits per heavy atom. The minimum absolute atomic E-state index is 0.231. The van der Waals surface area contributed by atoms with Crippen molar-refractivity contribution in [3.63, 3.8) is 0 Å². The van der Waals surface area contributed by atoms with Crippen LogP contribution >= 0.6 is 0 Å². The van der Waals surface area contributed by atoms with Gasteiger partial charge in [-0.05, 0) is 17.7 Å². The van der Waals surface area contributed by atoms with E-state index in [1.54, 1.807) is 26.4 Å². The molecule has 0 aliphatic carbocycles. The Morgan fingerprint density at radius 3 is 2.41 bits per heavy atom. The van der Waals surface area contributed by atoms with Crippen LogP contribution < -0.4 is 9.47 Å². The Balaban J connectivity index is 2.52. The van der Waals surface area contributed by atoms with Gasteiger partial charge in [-0.25, -0.2) is 4.79 Å². The van der Waals surface area contributed by atoms with Gasteiger partial charge in [-0.15, -0.1) is 0 Å². The Bertz CT molecular complexity index is 441. The average Bonchev–Trinajstić information content (AvgIpc) is 2.37. The highest BCUT2D eigenvalue weighted by Gasteiger charge is 2.30. The molecule has 0 aromatic heterocycles. The number of ether oxygens (including phenoxy) is 4. The van der Waals surface area contributed by atoms with Crippen LogP contribution in [0.1, 0.15) is 17.2 Å². The second-order valence-corrected chi connectivity index (χ2v) is 3.63. The van der Waals surface area contributed by atoms with Crippen LogP contribution in [-0.4, -0.2) is 27.3 Å². The summed E-state index contributed by atoms with van der Waals surface area (Å²) in [5.41, 5.74) is 1.63. The zero-order chi connectivity index (χ0) is 12.4. The molecule has 0 saturated carbocycles. The molecule has 1 aliphatic rings. The molecule has 1 aromatic carbocycles. The summed E-state index contributed by atoms with van der Waals surface area (Å²) < 4.78 is 20.5. The highest BCUT2D eigenvalue weighted by molar-refractivity contribution is 5.79.